The average Bonchev–Trinajstić information content (AvgIpc) is 2.68. The van der Waals surface area contributed by atoms with Gasteiger partial charge in [0.25, 0.3) is 0 Å². The van der Waals surface area contributed by atoms with Gasteiger partial charge in [-0.2, -0.15) is 0 Å². The van der Waals surface area contributed by atoms with Crippen molar-refractivity contribution in [3.8, 4) is 0 Å². The van der Waals surface area contributed by atoms with E-state index in [4.69, 9.17) is 0 Å². The maximum absolute atomic E-state index is 10.6. The first-order chi connectivity index (χ1) is 13.8. The van der Waals surface area contributed by atoms with Gasteiger partial charge < -0.3 is 15.9 Å². The van der Waals surface area contributed by atoms with E-state index in [9.17, 15) is 5.11 Å². The maximum Gasteiger partial charge on any atom is 0.120 e. The first-order valence-corrected chi connectivity index (χ1v) is 12.6. The van der Waals surface area contributed by atoms with Crippen LogP contribution in [0.3, 0.4) is 0 Å². The Morgan fingerprint density at radius 3 is 1.72 bits per heavy atom. The smallest absolute Gasteiger partial charge is 0.120 e. The molecule has 0 aromatic heterocycles. The van der Waals surface area contributed by atoms with Crippen LogP contribution in [-0.2, 0) is 0 Å². The molecule has 0 bridgehead atoms. The van der Waals surface area contributed by atoms with Crippen LogP contribution in [0.5, 0.6) is 0 Å². The van der Waals surface area contributed by atoms with Crippen molar-refractivity contribution in [3.63, 3.8) is 0 Å². The van der Waals surface area contributed by atoms with Gasteiger partial charge >= 0.3 is 0 Å². The molecule has 4 atom stereocenters. The third-order valence-corrected chi connectivity index (χ3v) is 8.22. The lowest BCUT2D eigenvalue weighted by atomic mass is 9.63. The molecule has 5 heteroatoms. The standard InChI is InChI=1S/C20H43N3O.C6H14.CH4.H2O/c1-10-16(21-9)18(24)22-17(14(2)3)15(4)23-12-11-19(5,6)20(7,8)13-23;1-4-6(3)5-2;;/h14-18,21-22,24H,10-13H2,1-9H3;6H,4-5H2,1-3H3;1H4;1H2/t15-,16?,17-,18?;;;/m1.../s1. The molecule has 0 aromatic carbocycles. The molecular weight excluding hydrogens is 398 g/mol. The highest BCUT2D eigenvalue weighted by atomic mass is 16.3. The highest BCUT2D eigenvalue weighted by Gasteiger charge is 2.44. The van der Waals surface area contributed by atoms with Crippen LogP contribution in [-0.4, -0.2) is 60.0 Å². The number of nitrogens with one attached hydrogen (secondary N) is 2. The van der Waals surface area contributed by atoms with E-state index in [1.807, 2.05) is 7.05 Å². The lowest BCUT2D eigenvalue weighted by Gasteiger charge is -2.53. The molecule has 2 unspecified atom stereocenters. The van der Waals surface area contributed by atoms with E-state index in [0.717, 1.165) is 25.4 Å². The van der Waals surface area contributed by atoms with Crippen LogP contribution >= 0.6 is 0 Å². The van der Waals surface area contributed by atoms with Gasteiger partial charge in [-0.3, -0.25) is 10.2 Å². The minimum Gasteiger partial charge on any atom is -0.412 e. The number of likely N-dealkylation sites (tertiary alicyclic amines) is 1. The van der Waals surface area contributed by atoms with E-state index in [1.165, 1.54) is 19.3 Å². The number of rotatable bonds is 10. The second-order valence-corrected chi connectivity index (χ2v) is 11.3. The number of piperidine rings is 1. The Bertz CT molecular complexity index is 446. The molecular formula is C27H63N3O2. The van der Waals surface area contributed by atoms with Crippen LogP contribution in [0.2, 0.25) is 0 Å². The number of nitrogens with zero attached hydrogens (tertiary/aromatic N) is 1. The molecule has 32 heavy (non-hydrogen) atoms. The van der Waals surface area contributed by atoms with Gasteiger partial charge in [-0.15, -0.1) is 0 Å². The number of likely N-dealkylation sites (N-methyl/N-ethyl adjacent to an activating group) is 1. The van der Waals surface area contributed by atoms with Crippen molar-refractivity contribution in [2.45, 2.75) is 134 Å². The number of hydrogen-bond acceptors (Lipinski definition) is 4. The van der Waals surface area contributed by atoms with E-state index < -0.39 is 6.23 Å². The second-order valence-electron chi connectivity index (χ2n) is 11.3. The third-order valence-electron chi connectivity index (χ3n) is 8.22. The Kier molecular flexibility index (Phi) is 18.7. The molecule has 1 aliphatic rings. The fraction of sp³-hybridized carbons (Fsp3) is 1.00. The molecule has 1 rings (SSSR count). The maximum atomic E-state index is 10.6. The summed E-state index contributed by atoms with van der Waals surface area (Å²) in [6.45, 7) is 27.5. The van der Waals surface area contributed by atoms with Crippen LogP contribution in [0, 0.1) is 22.7 Å². The summed E-state index contributed by atoms with van der Waals surface area (Å²) in [6, 6.07) is 0.777. The van der Waals surface area contributed by atoms with Gasteiger partial charge in [0.1, 0.15) is 6.23 Å². The highest BCUT2D eigenvalue weighted by molar-refractivity contribution is 4.97. The van der Waals surface area contributed by atoms with Gasteiger partial charge in [0, 0.05) is 24.7 Å². The molecule has 0 amide bonds. The summed E-state index contributed by atoms with van der Waals surface area (Å²) in [5, 5.41) is 17.3. The van der Waals surface area contributed by atoms with Crippen molar-refractivity contribution in [1.82, 2.24) is 15.5 Å². The SMILES string of the molecule is C.CCC(C)CC.CCC(NC)C(O)N[C@H](C(C)C)[C@@H](C)N1CCC(C)(C)C(C)(C)C1.O. The first kappa shape index (κ1) is 36.4. The summed E-state index contributed by atoms with van der Waals surface area (Å²) in [4.78, 5) is 2.62. The first-order valence-electron chi connectivity index (χ1n) is 12.6. The summed E-state index contributed by atoms with van der Waals surface area (Å²) in [5.74, 6) is 1.41. The average molecular weight is 462 g/mol. The van der Waals surface area contributed by atoms with Gasteiger partial charge in [0.2, 0.25) is 0 Å². The monoisotopic (exact) mass is 461 g/mol. The Morgan fingerprint density at radius 1 is 0.906 bits per heavy atom. The van der Waals surface area contributed by atoms with Crippen LogP contribution in [0.4, 0.5) is 0 Å². The van der Waals surface area contributed by atoms with Crippen LogP contribution in [0.1, 0.15) is 109 Å². The molecule has 0 aliphatic carbocycles. The van der Waals surface area contributed by atoms with E-state index in [0.29, 0.717) is 22.8 Å². The van der Waals surface area contributed by atoms with Crippen molar-refractivity contribution in [3.05, 3.63) is 0 Å². The third kappa shape index (κ3) is 10.8. The minimum atomic E-state index is -0.510. The molecule has 198 valence electrons. The predicted molar refractivity (Wildman–Crippen MR) is 144 cm³/mol. The molecule has 0 saturated carbocycles. The molecule has 0 radical (unpaired) electrons. The zero-order valence-corrected chi connectivity index (χ0v) is 23.1. The highest BCUT2D eigenvalue weighted by Crippen LogP contribution is 2.45. The fourth-order valence-corrected chi connectivity index (χ4v) is 4.21. The summed E-state index contributed by atoms with van der Waals surface area (Å²) in [7, 11) is 1.92. The zero-order valence-electron chi connectivity index (χ0n) is 23.1. The van der Waals surface area contributed by atoms with Crippen molar-refractivity contribution >= 4 is 0 Å². The van der Waals surface area contributed by atoms with Gasteiger partial charge in [-0.25, -0.2) is 0 Å². The van der Waals surface area contributed by atoms with E-state index in [1.54, 1.807) is 0 Å². The molecule has 1 saturated heterocycles. The Morgan fingerprint density at radius 2 is 1.41 bits per heavy atom. The van der Waals surface area contributed by atoms with E-state index in [2.05, 4.69) is 91.7 Å². The molecule has 1 fully saturated rings. The topological polar surface area (TPSA) is 79.0 Å². The molecule has 5 N–H and O–H groups in total. The molecule has 0 aromatic rings. The Balaban J connectivity index is -0.000000926. The Labute approximate surface area is 202 Å². The number of aliphatic hydroxyl groups excluding tert-OH is 1. The second kappa shape index (κ2) is 16.4. The van der Waals surface area contributed by atoms with Crippen LogP contribution in [0.15, 0.2) is 0 Å². The quantitative estimate of drug-likeness (QED) is 0.385. The largest absolute Gasteiger partial charge is 0.412 e. The van der Waals surface area contributed by atoms with Gasteiger partial charge in [0.15, 0.2) is 0 Å². The molecule has 1 aliphatic heterocycles. The minimum absolute atomic E-state index is 0. The molecule has 1 heterocycles. The van der Waals surface area contributed by atoms with Gasteiger partial charge in [-0.1, -0.05) is 89.5 Å². The van der Waals surface area contributed by atoms with Crippen LogP contribution in [0.25, 0.3) is 0 Å². The van der Waals surface area contributed by atoms with E-state index >= 15 is 0 Å². The lowest BCUT2D eigenvalue weighted by Crippen LogP contribution is -2.61. The number of hydrogen-bond donors (Lipinski definition) is 3. The van der Waals surface area contributed by atoms with Crippen molar-refractivity contribution in [1.29, 1.82) is 0 Å². The van der Waals surface area contributed by atoms with Crippen LogP contribution < -0.4 is 10.6 Å². The molecule has 5 nitrogen and oxygen atoms in total. The molecule has 0 spiro atoms. The summed E-state index contributed by atoms with van der Waals surface area (Å²) in [6.07, 6.45) is 4.29. The Hall–Kier alpha value is -0.200. The van der Waals surface area contributed by atoms with Gasteiger partial charge in [-0.05, 0) is 56.0 Å². The summed E-state index contributed by atoms with van der Waals surface area (Å²) >= 11 is 0. The fourth-order valence-electron chi connectivity index (χ4n) is 4.21. The number of aliphatic hydroxyl groups is 1. The van der Waals surface area contributed by atoms with Gasteiger partial charge in [0.05, 0.1) is 0 Å². The zero-order chi connectivity index (χ0) is 23.7. The van der Waals surface area contributed by atoms with E-state index in [-0.39, 0.29) is 25.0 Å². The van der Waals surface area contributed by atoms with Crippen molar-refractivity contribution < 1.29 is 10.6 Å². The predicted octanol–water partition coefficient (Wildman–Crippen LogP) is 5.32. The lowest BCUT2D eigenvalue weighted by molar-refractivity contribution is -0.0370. The summed E-state index contributed by atoms with van der Waals surface area (Å²) in [5.41, 5.74) is 0.680. The normalized spacial score (nSPS) is 21.5. The summed E-state index contributed by atoms with van der Waals surface area (Å²) < 4.78 is 0. The van der Waals surface area contributed by atoms with Crippen molar-refractivity contribution in [2.75, 3.05) is 20.1 Å². The van der Waals surface area contributed by atoms with Crippen molar-refractivity contribution in [2.24, 2.45) is 22.7 Å².